The van der Waals surface area contributed by atoms with Crippen molar-refractivity contribution >= 4 is 7.68 Å². The van der Waals surface area contributed by atoms with Crippen molar-refractivity contribution in [3.8, 4) is 0 Å². The SMILES string of the molecule is CCCCCOP(=O)(F)CCC. The summed E-state index contributed by atoms with van der Waals surface area (Å²) in [7, 11) is -3.73. The van der Waals surface area contributed by atoms with Crippen LogP contribution in [-0.2, 0) is 9.09 Å². The van der Waals surface area contributed by atoms with Crippen LogP contribution in [0.25, 0.3) is 0 Å². The Balaban J connectivity index is 3.41. The summed E-state index contributed by atoms with van der Waals surface area (Å²) in [5, 5.41) is 0. The minimum Gasteiger partial charge on any atom is -0.306 e. The van der Waals surface area contributed by atoms with Crippen molar-refractivity contribution in [2.75, 3.05) is 12.8 Å². The van der Waals surface area contributed by atoms with E-state index in [0.717, 1.165) is 19.3 Å². The van der Waals surface area contributed by atoms with Gasteiger partial charge in [-0.15, -0.1) is 0 Å². The monoisotopic (exact) mass is 196 g/mol. The van der Waals surface area contributed by atoms with Crippen molar-refractivity contribution in [3.05, 3.63) is 0 Å². The van der Waals surface area contributed by atoms with Gasteiger partial charge in [0, 0.05) is 0 Å². The summed E-state index contributed by atoms with van der Waals surface area (Å²) in [6.45, 7) is 4.14. The summed E-state index contributed by atoms with van der Waals surface area (Å²) in [5.74, 6) is 0. The molecule has 4 heteroatoms. The lowest BCUT2D eigenvalue weighted by Gasteiger charge is -2.07. The molecular formula is C8H18FO2P. The van der Waals surface area contributed by atoms with Crippen LogP contribution in [0.3, 0.4) is 0 Å². The first kappa shape index (κ1) is 12.1. The van der Waals surface area contributed by atoms with E-state index in [1.807, 2.05) is 0 Å². The minimum atomic E-state index is -3.73. The molecule has 0 aromatic rings. The smallest absolute Gasteiger partial charge is 0.306 e. The summed E-state index contributed by atoms with van der Waals surface area (Å²) >= 11 is 0. The molecule has 0 rings (SSSR count). The van der Waals surface area contributed by atoms with E-state index in [2.05, 4.69) is 11.4 Å². The second-order valence-electron chi connectivity index (χ2n) is 2.85. The van der Waals surface area contributed by atoms with Gasteiger partial charge in [-0.25, -0.2) is 0 Å². The summed E-state index contributed by atoms with van der Waals surface area (Å²) < 4.78 is 28.4. The van der Waals surface area contributed by atoms with E-state index < -0.39 is 7.68 Å². The molecule has 1 atom stereocenters. The fourth-order valence-electron chi connectivity index (χ4n) is 0.885. The molecule has 12 heavy (non-hydrogen) atoms. The summed E-state index contributed by atoms with van der Waals surface area (Å²) in [6.07, 6.45) is 3.49. The highest BCUT2D eigenvalue weighted by molar-refractivity contribution is 7.53. The van der Waals surface area contributed by atoms with Crippen molar-refractivity contribution in [2.24, 2.45) is 0 Å². The fourth-order valence-corrected chi connectivity index (χ4v) is 1.95. The predicted octanol–water partition coefficient (Wildman–Crippen LogP) is 3.77. The van der Waals surface area contributed by atoms with Crippen LogP contribution in [0, 0.1) is 0 Å². The zero-order valence-corrected chi connectivity index (χ0v) is 8.78. The predicted molar refractivity (Wildman–Crippen MR) is 49.3 cm³/mol. The van der Waals surface area contributed by atoms with Crippen molar-refractivity contribution in [3.63, 3.8) is 0 Å². The zero-order chi connectivity index (χ0) is 9.45. The van der Waals surface area contributed by atoms with Gasteiger partial charge < -0.3 is 4.52 Å². The molecule has 0 aliphatic carbocycles. The highest BCUT2D eigenvalue weighted by atomic mass is 31.2. The second-order valence-corrected chi connectivity index (χ2v) is 4.74. The minimum absolute atomic E-state index is 0.0547. The van der Waals surface area contributed by atoms with E-state index in [-0.39, 0.29) is 6.16 Å². The molecule has 2 nitrogen and oxygen atoms in total. The standard InChI is InChI=1S/C8H18FO2P/c1-3-5-6-7-11-12(9,10)8-4-2/h3-8H2,1-2H3. The molecule has 0 N–H and O–H groups in total. The van der Waals surface area contributed by atoms with Crippen LogP contribution in [-0.4, -0.2) is 12.8 Å². The van der Waals surface area contributed by atoms with Crippen LogP contribution in [0.15, 0.2) is 0 Å². The molecule has 0 spiro atoms. The molecule has 0 aliphatic heterocycles. The largest absolute Gasteiger partial charge is 0.367 e. The van der Waals surface area contributed by atoms with Crippen LogP contribution in [0.1, 0.15) is 39.5 Å². The molecule has 0 amide bonds. The molecule has 74 valence electrons. The van der Waals surface area contributed by atoms with Crippen LogP contribution in [0.4, 0.5) is 4.20 Å². The van der Waals surface area contributed by atoms with Crippen molar-refractivity contribution in [1.29, 1.82) is 0 Å². The van der Waals surface area contributed by atoms with E-state index in [1.165, 1.54) is 0 Å². The third kappa shape index (κ3) is 6.81. The van der Waals surface area contributed by atoms with Gasteiger partial charge in [0.2, 0.25) is 0 Å². The summed E-state index contributed by atoms with van der Waals surface area (Å²) in [5.41, 5.74) is 0. The molecule has 0 aliphatic rings. The fraction of sp³-hybridized carbons (Fsp3) is 1.00. The van der Waals surface area contributed by atoms with E-state index in [4.69, 9.17) is 0 Å². The first-order chi connectivity index (χ1) is 5.62. The lowest BCUT2D eigenvalue weighted by molar-refractivity contribution is 0.278. The van der Waals surface area contributed by atoms with Gasteiger partial charge in [-0.3, -0.25) is 4.57 Å². The van der Waals surface area contributed by atoms with Gasteiger partial charge in [0.1, 0.15) is 0 Å². The van der Waals surface area contributed by atoms with Crippen LogP contribution < -0.4 is 0 Å². The summed E-state index contributed by atoms with van der Waals surface area (Å²) in [4.78, 5) is 0. The molecule has 0 saturated carbocycles. The van der Waals surface area contributed by atoms with Gasteiger partial charge in [0.25, 0.3) is 0 Å². The van der Waals surface area contributed by atoms with E-state index >= 15 is 0 Å². The quantitative estimate of drug-likeness (QED) is 0.457. The third-order valence-electron chi connectivity index (χ3n) is 1.52. The van der Waals surface area contributed by atoms with Crippen molar-refractivity contribution in [1.82, 2.24) is 0 Å². The maximum absolute atomic E-state index is 12.9. The lowest BCUT2D eigenvalue weighted by atomic mass is 10.3. The molecule has 1 unspecified atom stereocenters. The normalized spacial score (nSPS) is 15.9. The zero-order valence-electron chi connectivity index (χ0n) is 7.88. The molecule has 0 bridgehead atoms. The van der Waals surface area contributed by atoms with E-state index in [9.17, 15) is 8.76 Å². The van der Waals surface area contributed by atoms with Gasteiger partial charge in [-0.1, -0.05) is 26.7 Å². The molecule has 0 aromatic heterocycles. The Kier molecular flexibility index (Phi) is 6.68. The second kappa shape index (κ2) is 6.62. The lowest BCUT2D eigenvalue weighted by Crippen LogP contribution is -1.93. The third-order valence-corrected chi connectivity index (χ3v) is 3.07. The van der Waals surface area contributed by atoms with Gasteiger partial charge in [-0.2, -0.15) is 4.20 Å². The average molecular weight is 196 g/mol. The van der Waals surface area contributed by atoms with Gasteiger partial charge in [-0.05, 0) is 12.8 Å². The first-order valence-corrected chi connectivity index (χ1v) is 6.25. The van der Waals surface area contributed by atoms with Gasteiger partial charge >= 0.3 is 7.68 Å². The maximum atomic E-state index is 12.9. The Morgan fingerprint density at radius 2 is 1.92 bits per heavy atom. The number of rotatable bonds is 7. The Morgan fingerprint density at radius 1 is 1.25 bits per heavy atom. The van der Waals surface area contributed by atoms with Crippen LogP contribution in [0.2, 0.25) is 0 Å². The van der Waals surface area contributed by atoms with E-state index in [0.29, 0.717) is 13.0 Å². The molecule has 0 aromatic carbocycles. The number of hydrogen-bond acceptors (Lipinski definition) is 2. The molecule has 0 saturated heterocycles. The van der Waals surface area contributed by atoms with Crippen molar-refractivity contribution in [2.45, 2.75) is 39.5 Å². The molecule has 0 heterocycles. The van der Waals surface area contributed by atoms with Gasteiger partial charge in [0.05, 0.1) is 12.8 Å². The van der Waals surface area contributed by atoms with Crippen LogP contribution in [0.5, 0.6) is 0 Å². The van der Waals surface area contributed by atoms with Crippen molar-refractivity contribution < 1.29 is 13.3 Å². The Hall–Kier alpha value is 0.120. The Morgan fingerprint density at radius 3 is 2.42 bits per heavy atom. The highest BCUT2D eigenvalue weighted by Crippen LogP contribution is 2.49. The molecular weight excluding hydrogens is 178 g/mol. The first-order valence-electron chi connectivity index (χ1n) is 4.55. The molecule has 0 radical (unpaired) electrons. The summed E-state index contributed by atoms with van der Waals surface area (Å²) in [6, 6.07) is 0. The maximum Gasteiger partial charge on any atom is 0.367 e. The van der Waals surface area contributed by atoms with Crippen LogP contribution >= 0.6 is 7.68 Å². The molecule has 0 fully saturated rings. The topological polar surface area (TPSA) is 26.3 Å². The number of hydrogen-bond donors (Lipinski definition) is 0. The highest BCUT2D eigenvalue weighted by Gasteiger charge is 2.19. The van der Waals surface area contributed by atoms with E-state index in [1.54, 1.807) is 6.92 Å². The number of halogens is 1. The average Bonchev–Trinajstić information content (AvgIpc) is 1.98. The number of unbranched alkanes of at least 4 members (excludes halogenated alkanes) is 2. The Labute approximate surface area is 74.1 Å². The van der Waals surface area contributed by atoms with Gasteiger partial charge in [0.15, 0.2) is 0 Å². The Bertz CT molecular complexity index is 150.